The number of carbonyl (C=O) groups excluding carboxylic acids is 2. The molecule has 0 bridgehead atoms. The Labute approximate surface area is 101 Å². The lowest BCUT2D eigenvalue weighted by atomic mass is 10.1. The number of ether oxygens (including phenoxy) is 1. The lowest BCUT2D eigenvalue weighted by molar-refractivity contribution is -0.479. The zero-order valence-corrected chi connectivity index (χ0v) is 9.35. The number of carbonyl (C=O) groups is 2. The molecule has 1 aromatic rings. The highest BCUT2D eigenvalue weighted by molar-refractivity contribution is 6.62. The largest absolute Gasteiger partial charge is 0.411 e. The minimum Gasteiger partial charge on any atom is -0.377 e. The second-order valence-electron chi connectivity index (χ2n) is 3.13. The summed E-state index contributed by atoms with van der Waals surface area (Å²) in [7, 11) is 0. The van der Waals surface area contributed by atoms with Gasteiger partial charge < -0.3 is 4.74 Å². The predicted molar refractivity (Wildman–Crippen MR) is 58.7 cm³/mol. The van der Waals surface area contributed by atoms with Crippen LogP contribution in [0.5, 0.6) is 0 Å². The molecule has 0 aliphatic rings. The van der Waals surface area contributed by atoms with Crippen molar-refractivity contribution in [3.8, 4) is 0 Å². The molecule has 0 radical (unpaired) electrons. The quantitative estimate of drug-likeness (QED) is 0.271. The maximum Gasteiger partial charge on any atom is 0.411 e. The van der Waals surface area contributed by atoms with Gasteiger partial charge in [0.1, 0.15) is 0 Å². The van der Waals surface area contributed by atoms with Crippen LogP contribution in [0.4, 0.5) is 4.79 Å². The van der Waals surface area contributed by atoms with Crippen LogP contribution in [0.1, 0.15) is 15.9 Å². The van der Waals surface area contributed by atoms with Crippen LogP contribution < -0.4 is 0 Å². The molecule has 0 amide bonds. The van der Waals surface area contributed by atoms with Crippen molar-refractivity contribution in [1.82, 2.24) is 0 Å². The van der Waals surface area contributed by atoms with E-state index in [0.29, 0.717) is 5.56 Å². The predicted octanol–water partition coefficient (Wildman–Crippen LogP) is 2.02. The number of halogens is 1. The zero-order chi connectivity index (χ0) is 12.8. The summed E-state index contributed by atoms with van der Waals surface area (Å²) in [6, 6.07) is 6.04. The fourth-order valence-corrected chi connectivity index (χ4v) is 1.28. The molecule has 0 aliphatic carbocycles. The fraction of sp³-hybridized carbons (Fsp3) is 0.200. The van der Waals surface area contributed by atoms with Crippen LogP contribution in [0.15, 0.2) is 24.3 Å². The lowest BCUT2D eigenvalue weighted by Crippen LogP contribution is -2.08. The van der Waals surface area contributed by atoms with E-state index < -0.39 is 16.3 Å². The van der Waals surface area contributed by atoms with Crippen LogP contribution in [-0.2, 0) is 11.2 Å². The van der Waals surface area contributed by atoms with Crippen LogP contribution in [0, 0.1) is 10.1 Å². The van der Waals surface area contributed by atoms with E-state index in [1.54, 1.807) is 12.1 Å². The molecular weight excluding hydrogens is 250 g/mol. The number of rotatable bonds is 4. The Kier molecular flexibility index (Phi) is 4.59. The number of nitro groups is 1. The average Bonchev–Trinajstić information content (AvgIpc) is 2.26. The highest BCUT2D eigenvalue weighted by Gasteiger charge is 2.11. The SMILES string of the molecule is O=C(Cl)OC(=O)c1cccc(CC[N+](=O)[O-])c1. The zero-order valence-electron chi connectivity index (χ0n) is 8.59. The molecule has 0 aromatic heterocycles. The summed E-state index contributed by atoms with van der Waals surface area (Å²) in [5.74, 6) is -0.882. The molecule has 0 aliphatic heterocycles. The molecule has 0 atom stereocenters. The molecule has 1 aromatic carbocycles. The van der Waals surface area contributed by atoms with E-state index in [9.17, 15) is 19.7 Å². The standard InChI is InChI=1S/C10H8ClNO5/c11-10(14)17-9(13)8-3-1-2-7(6-8)4-5-12(15)16/h1-3,6H,4-5H2. The van der Waals surface area contributed by atoms with Gasteiger partial charge in [0.25, 0.3) is 0 Å². The number of benzene rings is 1. The van der Waals surface area contributed by atoms with Crippen molar-refractivity contribution in [2.45, 2.75) is 6.42 Å². The lowest BCUT2D eigenvalue weighted by Gasteiger charge is -2.01. The Balaban J connectivity index is 2.74. The van der Waals surface area contributed by atoms with Gasteiger partial charge in [-0.1, -0.05) is 12.1 Å². The Morgan fingerprint density at radius 1 is 1.41 bits per heavy atom. The van der Waals surface area contributed by atoms with Crippen LogP contribution in [0.25, 0.3) is 0 Å². The molecule has 0 fully saturated rings. The van der Waals surface area contributed by atoms with Crippen LogP contribution in [0.2, 0.25) is 0 Å². The van der Waals surface area contributed by atoms with Crippen molar-refractivity contribution in [2.75, 3.05) is 6.54 Å². The van der Waals surface area contributed by atoms with Gasteiger partial charge in [0.2, 0.25) is 6.54 Å². The fourth-order valence-electron chi connectivity index (χ4n) is 1.21. The monoisotopic (exact) mass is 257 g/mol. The van der Waals surface area contributed by atoms with Gasteiger partial charge in [0, 0.05) is 22.9 Å². The van der Waals surface area contributed by atoms with Crippen LogP contribution in [-0.4, -0.2) is 22.9 Å². The van der Waals surface area contributed by atoms with Crippen molar-refractivity contribution in [2.24, 2.45) is 0 Å². The summed E-state index contributed by atoms with van der Waals surface area (Å²) in [4.78, 5) is 31.4. The van der Waals surface area contributed by atoms with Gasteiger partial charge in [0.05, 0.1) is 5.56 Å². The summed E-state index contributed by atoms with van der Waals surface area (Å²) in [6.45, 7) is -0.229. The third kappa shape index (κ3) is 4.60. The first-order valence-electron chi connectivity index (χ1n) is 4.61. The normalized spacial score (nSPS) is 9.71. The van der Waals surface area contributed by atoms with Crippen molar-refractivity contribution >= 4 is 23.0 Å². The van der Waals surface area contributed by atoms with Gasteiger partial charge in [-0.15, -0.1) is 0 Å². The van der Waals surface area contributed by atoms with Crippen molar-refractivity contribution in [3.05, 3.63) is 45.5 Å². The second-order valence-corrected chi connectivity index (χ2v) is 3.44. The molecule has 17 heavy (non-hydrogen) atoms. The molecule has 6 nitrogen and oxygen atoms in total. The molecule has 0 heterocycles. The Hall–Kier alpha value is -1.95. The highest BCUT2D eigenvalue weighted by atomic mass is 35.5. The molecule has 0 unspecified atom stereocenters. The second kappa shape index (κ2) is 5.95. The average molecular weight is 258 g/mol. The third-order valence-electron chi connectivity index (χ3n) is 1.92. The molecular formula is C10H8ClNO5. The molecule has 7 heteroatoms. The highest BCUT2D eigenvalue weighted by Crippen LogP contribution is 2.08. The first kappa shape index (κ1) is 13.1. The number of hydrogen-bond donors (Lipinski definition) is 0. The number of hydrogen-bond acceptors (Lipinski definition) is 5. The van der Waals surface area contributed by atoms with Crippen LogP contribution >= 0.6 is 11.6 Å². The number of esters is 1. The topological polar surface area (TPSA) is 86.5 Å². The third-order valence-corrected chi connectivity index (χ3v) is 2.00. The molecule has 0 N–H and O–H groups in total. The number of nitrogens with zero attached hydrogens (tertiary/aromatic N) is 1. The summed E-state index contributed by atoms with van der Waals surface area (Å²) in [5.41, 5.74) is -0.483. The Morgan fingerprint density at radius 3 is 2.71 bits per heavy atom. The van der Waals surface area contributed by atoms with Gasteiger partial charge in [-0.05, 0) is 17.7 Å². The van der Waals surface area contributed by atoms with Gasteiger partial charge >= 0.3 is 11.4 Å². The maximum absolute atomic E-state index is 11.3. The van der Waals surface area contributed by atoms with E-state index in [-0.39, 0.29) is 18.5 Å². The van der Waals surface area contributed by atoms with Crippen molar-refractivity contribution in [1.29, 1.82) is 0 Å². The Bertz CT molecular complexity index is 460. The first-order valence-corrected chi connectivity index (χ1v) is 4.99. The van der Waals surface area contributed by atoms with E-state index in [4.69, 9.17) is 11.6 Å². The smallest absolute Gasteiger partial charge is 0.377 e. The minimum absolute atomic E-state index is 0.125. The maximum atomic E-state index is 11.3. The summed E-state index contributed by atoms with van der Waals surface area (Å²) in [5, 5.41) is 10.2. The molecule has 1 rings (SSSR count). The van der Waals surface area contributed by atoms with E-state index in [1.807, 2.05) is 0 Å². The van der Waals surface area contributed by atoms with E-state index in [2.05, 4.69) is 4.74 Å². The van der Waals surface area contributed by atoms with Crippen molar-refractivity contribution < 1.29 is 19.2 Å². The van der Waals surface area contributed by atoms with Gasteiger partial charge in [-0.2, -0.15) is 0 Å². The Morgan fingerprint density at radius 2 is 2.12 bits per heavy atom. The summed E-state index contributed by atoms with van der Waals surface area (Å²) < 4.78 is 4.17. The van der Waals surface area contributed by atoms with E-state index in [1.165, 1.54) is 12.1 Å². The molecule has 0 spiro atoms. The molecule has 0 saturated carbocycles. The van der Waals surface area contributed by atoms with Crippen molar-refractivity contribution in [3.63, 3.8) is 0 Å². The molecule has 90 valence electrons. The molecule has 0 saturated heterocycles. The van der Waals surface area contributed by atoms with E-state index >= 15 is 0 Å². The summed E-state index contributed by atoms with van der Waals surface area (Å²) in [6.07, 6.45) is 0.197. The first-order chi connectivity index (χ1) is 7.99. The van der Waals surface area contributed by atoms with Crippen LogP contribution in [0.3, 0.4) is 0 Å². The van der Waals surface area contributed by atoms with Gasteiger partial charge in [0.15, 0.2) is 0 Å². The van der Waals surface area contributed by atoms with E-state index in [0.717, 1.165) is 0 Å². The van der Waals surface area contributed by atoms with Gasteiger partial charge in [-0.3, -0.25) is 10.1 Å². The minimum atomic E-state index is -1.22. The summed E-state index contributed by atoms with van der Waals surface area (Å²) >= 11 is 4.89. The van der Waals surface area contributed by atoms with Gasteiger partial charge in [-0.25, -0.2) is 9.59 Å².